The van der Waals surface area contributed by atoms with Crippen molar-refractivity contribution < 1.29 is 13.2 Å². The van der Waals surface area contributed by atoms with E-state index in [9.17, 15) is 8.42 Å². The molecule has 4 nitrogen and oxygen atoms in total. The molecule has 19 heavy (non-hydrogen) atoms. The lowest BCUT2D eigenvalue weighted by atomic mass is 10.1. The molecule has 0 saturated carbocycles. The molecule has 6 heteroatoms. The molecule has 0 aromatic carbocycles. The number of rotatable bonds is 6. The van der Waals surface area contributed by atoms with Gasteiger partial charge in [-0.05, 0) is 49.1 Å². The van der Waals surface area contributed by atoms with Gasteiger partial charge in [0.05, 0.1) is 24.5 Å². The Morgan fingerprint density at radius 3 is 2.95 bits per heavy atom. The zero-order chi connectivity index (χ0) is 13.9. The topological polar surface area (TPSA) is 46.6 Å². The van der Waals surface area contributed by atoms with Gasteiger partial charge in [-0.1, -0.05) is 0 Å². The summed E-state index contributed by atoms with van der Waals surface area (Å²) in [6, 6.07) is 2.05. The first-order valence-corrected chi connectivity index (χ1v) is 9.19. The molecular weight excluding hydrogens is 282 g/mol. The summed E-state index contributed by atoms with van der Waals surface area (Å²) in [7, 11) is -3.22. The minimum absolute atomic E-state index is 0.0234. The molecule has 0 spiro atoms. The Balaban J connectivity index is 2.02. The first-order valence-electron chi connectivity index (χ1n) is 6.64. The molecule has 0 bridgehead atoms. The van der Waals surface area contributed by atoms with Gasteiger partial charge in [-0.25, -0.2) is 8.42 Å². The van der Waals surface area contributed by atoms with Crippen molar-refractivity contribution in [3.63, 3.8) is 0 Å². The zero-order valence-corrected chi connectivity index (χ0v) is 13.0. The van der Waals surface area contributed by atoms with Crippen LogP contribution in [0.15, 0.2) is 16.8 Å². The predicted molar refractivity (Wildman–Crippen MR) is 77.9 cm³/mol. The van der Waals surface area contributed by atoms with Crippen LogP contribution >= 0.6 is 11.3 Å². The zero-order valence-electron chi connectivity index (χ0n) is 11.4. The Kier molecular flexibility index (Phi) is 5.00. The normalized spacial score (nSPS) is 21.3. The fraction of sp³-hybridized carbons (Fsp3) is 0.692. The summed E-state index contributed by atoms with van der Waals surface area (Å²) in [6.07, 6.45) is 1.92. The van der Waals surface area contributed by atoms with E-state index in [0.717, 1.165) is 18.4 Å². The number of thiophene rings is 1. The average molecular weight is 303 g/mol. The number of sulfonamides is 1. The highest BCUT2D eigenvalue weighted by atomic mass is 32.2. The quantitative estimate of drug-likeness (QED) is 0.811. The molecule has 1 aliphatic heterocycles. The highest BCUT2D eigenvalue weighted by molar-refractivity contribution is 7.89. The molecule has 2 rings (SSSR count). The summed E-state index contributed by atoms with van der Waals surface area (Å²) in [5.74, 6) is 0.0752. The van der Waals surface area contributed by atoms with Crippen LogP contribution in [0.25, 0.3) is 0 Å². The maximum absolute atomic E-state index is 12.4. The molecular formula is C13H21NO3S2. The molecule has 0 unspecified atom stereocenters. The summed E-state index contributed by atoms with van der Waals surface area (Å²) >= 11 is 1.61. The van der Waals surface area contributed by atoms with Crippen molar-refractivity contribution in [2.24, 2.45) is 0 Å². The molecule has 1 atom stereocenters. The van der Waals surface area contributed by atoms with E-state index in [2.05, 4.69) is 0 Å². The molecule has 1 aromatic rings. The Morgan fingerprint density at radius 2 is 2.32 bits per heavy atom. The second-order valence-corrected chi connectivity index (χ2v) is 7.88. The van der Waals surface area contributed by atoms with Gasteiger partial charge in [-0.15, -0.1) is 0 Å². The maximum atomic E-state index is 12.4. The summed E-state index contributed by atoms with van der Waals surface area (Å²) in [5.41, 5.74) is 1.12. The van der Waals surface area contributed by atoms with Crippen LogP contribution < -0.4 is 0 Å². The number of nitrogens with zero attached hydrogens (tertiary/aromatic N) is 1. The minimum atomic E-state index is -3.22. The van der Waals surface area contributed by atoms with Crippen LogP contribution in [0.3, 0.4) is 0 Å². The van der Waals surface area contributed by atoms with Gasteiger partial charge < -0.3 is 4.74 Å². The van der Waals surface area contributed by atoms with Crippen LogP contribution in [0, 0.1) is 0 Å². The van der Waals surface area contributed by atoms with E-state index in [1.54, 1.807) is 15.6 Å². The second-order valence-electron chi connectivity index (χ2n) is 5.06. The first kappa shape index (κ1) is 15.0. The Hall–Kier alpha value is -0.430. The Bertz CT molecular complexity index is 482. The van der Waals surface area contributed by atoms with Gasteiger partial charge in [0.25, 0.3) is 0 Å². The molecule has 0 radical (unpaired) electrons. The van der Waals surface area contributed by atoms with Crippen LogP contribution in [0.1, 0.15) is 38.3 Å². The summed E-state index contributed by atoms with van der Waals surface area (Å²) in [6.45, 7) is 4.73. The van der Waals surface area contributed by atoms with E-state index >= 15 is 0 Å². The predicted octanol–water partition coefficient (Wildman–Crippen LogP) is 2.64. The van der Waals surface area contributed by atoms with Gasteiger partial charge in [0.2, 0.25) is 10.0 Å². The molecule has 1 saturated heterocycles. The van der Waals surface area contributed by atoms with Crippen molar-refractivity contribution in [2.75, 3.05) is 18.9 Å². The Morgan fingerprint density at radius 1 is 1.53 bits per heavy atom. The maximum Gasteiger partial charge on any atom is 0.216 e. The van der Waals surface area contributed by atoms with Gasteiger partial charge in [0.1, 0.15) is 0 Å². The number of hydrogen-bond donors (Lipinski definition) is 0. The lowest BCUT2D eigenvalue weighted by molar-refractivity contribution is 0.0906. The summed E-state index contributed by atoms with van der Waals surface area (Å²) < 4.78 is 31.7. The number of hydrogen-bond acceptors (Lipinski definition) is 4. The first-order chi connectivity index (χ1) is 9.00. The molecule has 2 heterocycles. The highest BCUT2D eigenvalue weighted by Gasteiger charge is 2.34. The van der Waals surface area contributed by atoms with Gasteiger partial charge >= 0.3 is 0 Å². The molecule has 0 amide bonds. The van der Waals surface area contributed by atoms with Gasteiger partial charge in [-0.2, -0.15) is 15.6 Å². The van der Waals surface area contributed by atoms with Crippen molar-refractivity contribution in [1.29, 1.82) is 0 Å². The lowest BCUT2D eigenvalue weighted by Crippen LogP contribution is -2.34. The third-order valence-corrected chi connectivity index (χ3v) is 5.82. The van der Waals surface area contributed by atoms with Crippen LogP contribution in [0.5, 0.6) is 0 Å². The van der Waals surface area contributed by atoms with Crippen LogP contribution in [-0.4, -0.2) is 37.7 Å². The molecule has 0 aliphatic carbocycles. The van der Waals surface area contributed by atoms with Gasteiger partial charge in [0.15, 0.2) is 0 Å². The molecule has 1 aromatic heterocycles. The standard InChI is InChI=1S/C13H21NO3S2/c1-11(2)17-7-9-19(15,16)14-6-3-4-13(14)12-5-8-18-10-12/h5,8,10-11,13H,3-4,6-7,9H2,1-2H3/t13-/m0/s1. The molecule has 1 aliphatic rings. The van der Waals surface area contributed by atoms with Crippen molar-refractivity contribution >= 4 is 21.4 Å². The lowest BCUT2D eigenvalue weighted by Gasteiger charge is -2.23. The second kappa shape index (κ2) is 6.35. The summed E-state index contributed by atoms with van der Waals surface area (Å²) in [4.78, 5) is 0. The van der Waals surface area contributed by atoms with Gasteiger partial charge in [-0.3, -0.25) is 0 Å². The average Bonchev–Trinajstić information content (AvgIpc) is 2.99. The van der Waals surface area contributed by atoms with E-state index < -0.39 is 10.0 Å². The van der Waals surface area contributed by atoms with E-state index in [1.165, 1.54) is 0 Å². The minimum Gasteiger partial charge on any atom is -0.378 e. The van der Waals surface area contributed by atoms with E-state index in [4.69, 9.17) is 4.74 Å². The van der Waals surface area contributed by atoms with Crippen molar-refractivity contribution in [1.82, 2.24) is 4.31 Å². The van der Waals surface area contributed by atoms with Crippen LogP contribution in [0.2, 0.25) is 0 Å². The molecule has 1 fully saturated rings. The third kappa shape index (κ3) is 3.78. The fourth-order valence-electron chi connectivity index (χ4n) is 2.38. The fourth-order valence-corrected chi connectivity index (χ4v) is 4.65. The Labute approximate surface area is 119 Å². The van der Waals surface area contributed by atoms with Crippen LogP contribution in [-0.2, 0) is 14.8 Å². The molecule has 108 valence electrons. The number of ether oxygens (including phenoxy) is 1. The SMILES string of the molecule is CC(C)OCCS(=O)(=O)N1CCC[C@H]1c1ccsc1. The van der Waals surface area contributed by atoms with E-state index in [1.807, 2.05) is 30.7 Å². The monoisotopic (exact) mass is 303 g/mol. The smallest absolute Gasteiger partial charge is 0.216 e. The van der Waals surface area contributed by atoms with Gasteiger partial charge in [0, 0.05) is 6.54 Å². The highest BCUT2D eigenvalue weighted by Crippen LogP contribution is 2.35. The summed E-state index contributed by atoms with van der Waals surface area (Å²) in [5, 5.41) is 4.05. The van der Waals surface area contributed by atoms with Crippen LogP contribution in [0.4, 0.5) is 0 Å². The molecule has 0 N–H and O–H groups in total. The van der Waals surface area contributed by atoms with Crippen molar-refractivity contribution in [3.8, 4) is 0 Å². The van der Waals surface area contributed by atoms with Crippen molar-refractivity contribution in [2.45, 2.75) is 38.8 Å². The van der Waals surface area contributed by atoms with E-state index in [-0.39, 0.29) is 24.5 Å². The third-order valence-electron chi connectivity index (χ3n) is 3.28. The van der Waals surface area contributed by atoms with E-state index in [0.29, 0.717) is 6.54 Å². The van der Waals surface area contributed by atoms with Crippen molar-refractivity contribution in [3.05, 3.63) is 22.4 Å². The largest absolute Gasteiger partial charge is 0.378 e.